The number of halogens is 1. The third kappa shape index (κ3) is 3.78. The average molecular weight is 295 g/mol. The highest BCUT2D eigenvalue weighted by Gasteiger charge is 2.13. The van der Waals surface area contributed by atoms with Crippen LogP contribution in [0.15, 0.2) is 29.6 Å². The van der Waals surface area contributed by atoms with Crippen molar-refractivity contribution in [1.82, 2.24) is 4.98 Å². The van der Waals surface area contributed by atoms with Crippen molar-refractivity contribution in [3.8, 4) is 0 Å². The second-order valence-corrected chi connectivity index (χ2v) is 5.63. The summed E-state index contributed by atoms with van der Waals surface area (Å²) < 4.78 is 0. The van der Waals surface area contributed by atoms with Gasteiger partial charge in [-0.3, -0.25) is 9.69 Å². The van der Waals surface area contributed by atoms with Crippen LogP contribution in [-0.4, -0.2) is 17.9 Å². The largest absolute Gasteiger partial charge is 0.291 e. The van der Waals surface area contributed by atoms with Crippen LogP contribution in [0.25, 0.3) is 0 Å². The maximum Gasteiger partial charge on any atom is 0.228 e. The van der Waals surface area contributed by atoms with Gasteiger partial charge in [-0.15, -0.1) is 11.3 Å². The third-order valence-corrected chi connectivity index (χ3v) is 4.05. The molecule has 0 saturated carbocycles. The van der Waals surface area contributed by atoms with Gasteiger partial charge in [0.2, 0.25) is 5.91 Å². The predicted molar refractivity (Wildman–Crippen MR) is 80.0 cm³/mol. The smallest absolute Gasteiger partial charge is 0.228 e. The van der Waals surface area contributed by atoms with Crippen molar-refractivity contribution < 1.29 is 4.79 Å². The Labute approximate surface area is 121 Å². The molecule has 0 spiro atoms. The van der Waals surface area contributed by atoms with Crippen LogP contribution in [0, 0.1) is 6.92 Å². The molecule has 0 fully saturated rings. The number of carbonyl (C=O) groups excluding carboxylic acids is 1. The number of hydrogen-bond donors (Lipinski definition) is 0. The van der Waals surface area contributed by atoms with Crippen LogP contribution in [-0.2, 0) is 11.2 Å². The van der Waals surface area contributed by atoms with E-state index in [9.17, 15) is 4.79 Å². The van der Waals surface area contributed by atoms with Gasteiger partial charge in [0.05, 0.1) is 5.69 Å². The Morgan fingerprint density at radius 3 is 2.89 bits per heavy atom. The number of rotatable bonds is 4. The molecule has 100 valence electrons. The summed E-state index contributed by atoms with van der Waals surface area (Å²) in [6.45, 7) is 1.92. The van der Waals surface area contributed by atoms with Gasteiger partial charge in [0.15, 0.2) is 5.13 Å². The van der Waals surface area contributed by atoms with E-state index >= 15 is 0 Å². The summed E-state index contributed by atoms with van der Waals surface area (Å²) in [4.78, 5) is 18.0. The SMILES string of the molecule is Cc1csc(N(C)C(=O)CCc2cccc(Cl)c2)n1. The number of aryl methyl sites for hydroxylation is 2. The second kappa shape index (κ2) is 6.17. The summed E-state index contributed by atoms with van der Waals surface area (Å²) in [6, 6.07) is 7.60. The Balaban J connectivity index is 1.94. The van der Waals surface area contributed by atoms with Crippen molar-refractivity contribution in [2.75, 3.05) is 11.9 Å². The van der Waals surface area contributed by atoms with Gasteiger partial charge in [0.25, 0.3) is 0 Å². The summed E-state index contributed by atoms with van der Waals surface area (Å²) in [5.74, 6) is 0.0642. The molecular formula is C14H15ClN2OS. The molecule has 0 aliphatic carbocycles. The number of benzene rings is 1. The van der Waals surface area contributed by atoms with E-state index in [0.717, 1.165) is 16.4 Å². The van der Waals surface area contributed by atoms with Crippen molar-refractivity contribution in [3.63, 3.8) is 0 Å². The first-order valence-electron chi connectivity index (χ1n) is 5.99. The van der Waals surface area contributed by atoms with Crippen LogP contribution in [0.2, 0.25) is 5.02 Å². The normalized spacial score (nSPS) is 10.5. The highest BCUT2D eigenvalue weighted by molar-refractivity contribution is 7.14. The second-order valence-electron chi connectivity index (χ2n) is 4.35. The fraction of sp³-hybridized carbons (Fsp3) is 0.286. The summed E-state index contributed by atoms with van der Waals surface area (Å²) in [6.07, 6.45) is 1.14. The molecule has 3 nitrogen and oxygen atoms in total. The van der Waals surface area contributed by atoms with E-state index in [0.29, 0.717) is 17.9 Å². The van der Waals surface area contributed by atoms with Crippen LogP contribution < -0.4 is 4.90 Å². The number of aromatic nitrogens is 1. The van der Waals surface area contributed by atoms with Gasteiger partial charge in [0, 0.05) is 23.9 Å². The van der Waals surface area contributed by atoms with E-state index in [4.69, 9.17) is 11.6 Å². The zero-order chi connectivity index (χ0) is 13.8. The molecule has 5 heteroatoms. The zero-order valence-corrected chi connectivity index (χ0v) is 12.5. The van der Waals surface area contributed by atoms with Gasteiger partial charge in [-0.25, -0.2) is 4.98 Å². The molecule has 0 saturated heterocycles. The molecule has 1 amide bonds. The summed E-state index contributed by atoms with van der Waals surface area (Å²) in [7, 11) is 1.76. The molecule has 0 aliphatic heterocycles. The molecule has 0 atom stereocenters. The van der Waals surface area contributed by atoms with E-state index in [2.05, 4.69) is 4.98 Å². The van der Waals surface area contributed by atoms with Crippen LogP contribution >= 0.6 is 22.9 Å². The standard InChI is InChI=1S/C14H15ClN2OS/c1-10-9-19-14(16-10)17(2)13(18)7-6-11-4-3-5-12(15)8-11/h3-5,8-9H,6-7H2,1-2H3. The number of carbonyl (C=O) groups is 1. The number of nitrogens with zero attached hydrogens (tertiary/aromatic N) is 2. The lowest BCUT2D eigenvalue weighted by Crippen LogP contribution is -2.26. The topological polar surface area (TPSA) is 33.2 Å². The Hall–Kier alpha value is -1.39. The number of amides is 1. The fourth-order valence-electron chi connectivity index (χ4n) is 1.71. The summed E-state index contributed by atoms with van der Waals surface area (Å²) >= 11 is 7.40. The first-order valence-corrected chi connectivity index (χ1v) is 7.25. The molecule has 19 heavy (non-hydrogen) atoms. The highest BCUT2D eigenvalue weighted by atomic mass is 35.5. The lowest BCUT2D eigenvalue weighted by molar-refractivity contribution is -0.118. The van der Waals surface area contributed by atoms with Crippen molar-refractivity contribution >= 4 is 34.0 Å². The monoisotopic (exact) mass is 294 g/mol. The lowest BCUT2D eigenvalue weighted by Gasteiger charge is -2.13. The predicted octanol–water partition coefficient (Wildman–Crippen LogP) is 3.70. The fourth-order valence-corrected chi connectivity index (χ4v) is 2.71. The van der Waals surface area contributed by atoms with Gasteiger partial charge < -0.3 is 0 Å². The van der Waals surface area contributed by atoms with Crippen LogP contribution in [0.1, 0.15) is 17.7 Å². The minimum absolute atomic E-state index is 0.0642. The first kappa shape index (κ1) is 14.0. The van der Waals surface area contributed by atoms with Gasteiger partial charge in [-0.05, 0) is 31.0 Å². The highest BCUT2D eigenvalue weighted by Crippen LogP contribution is 2.20. The maximum absolute atomic E-state index is 12.1. The van der Waals surface area contributed by atoms with E-state index in [1.165, 1.54) is 11.3 Å². The molecule has 1 aromatic heterocycles. The molecule has 0 radical (unpaired) electrons. The molecule has 1 aromatic carbocycles. The van der Waals surface area contributed by atoms with Crippen molar-refractivity contribution in [2.24, 2.45) is 0 Å². The molecular weight excluding hydrogens is 280 g/mol. The Morgan fingerprint density at radius 2 is 2.26 bits per heavy atom. The van der Waals surface area contributed by atoms with Crippen molar-refractivity contribution in [2.45, 2.75) is 19.8 Å². The molecule has 0 aliphatic rings. The Bertz CT molecular complexity index is 582. The van der Waals surface area contributed by atoms with Gasteiger partial charge in [0.1, 0.15) is 0 Å². The first-order chi connectivity index (χ1) is 9.06. The van der Waals surface area contributed by atoms with E-state index in [1.54, 1.807) is 11.9 Å². The maximum atomic E-state index is 12.1. The van der Waals surface area contributed by atoms with Crippen LogP contribution in [0.3, 0.4) is 0 Å². The van der Waals surface area contributed by atoms with Gasteiger partial charge in [-0.2, -0.15) is 0 Å². The molecule has 0 unspecified atom stereocenters. The zero-order valence-electron chi connectivity index (χ0n) is 10.9. The minimum atomic E-state index is 0.0642. The van der Waals surface area contributed by atoms with Crippen LogP contribution in [0.4, 0.5) is 5.13 Å². The molecule has 2 aromatic rings. The third-order valence-electron chi connectivity index (χ3n) is 2.78. The lowest BCUT2D eigenvalue weighted by atomic mass is 10.1. The van der Waals surface area contributed by atoms with Crippen molar-refractivity contribution in [1.29, 1.82) is 0 Å². The minimum Gasteiger partial charge on any atom is -0.291 e. The number of hydrogen-bond acceptors (Lipinski definition) is 3. The molecule has 1 heterocycles. The van der Waals surface area contributed by atoms with E-state index < -0.39 is 0 Å². The molecule has 0 bridgehead atoms. The number of anilines is 1. The number of thiazole rings is 1. The van der Waals surface area contributed by atoms with Gasteiger partial charge >= 0.3 is 0 Å². The van der Waals surface area contributed by atoms with E-state index in [-0.39, 0.29) is 5.91 Å². The summed E-state index contributed by atoms with van der Waals surface area (Å²) in [5, 5.41) is 3.39. The summed E-state index contributed by atoms with van der Waals surface area (Å²) in [5.41, 5.74) is 2.01. The van der Waals surface area contributed by atoms with Crippen molar-refractivity contribution in [3.05, 3.63) is 45.9 Å². The quantitative estimate of drug-likeness (QED) is 0.861. The van der Waals surface area contributed by atoms with E-state index in [1.807, 2.05) is 36.6 Å². The van der Waals surface area contributed by atoms with Crippen LogP contribution in [0.5, 0.6) is 0 Å². The Morgan fingerprint density at radius 1 is 1.47 bits per heavy atom. The molecule has 0 N–H and O–H groups in total. The Kier molecular flexibility index (Phi) is 4.56. The van der Waals surface area contributed by atoms with Gasteiger partial charge in [-0.1, -0.05) is 23.7 Å². The molecule has 2 rings (SSSR count). The average Bonchev–Trinajstić information content (AvgIpc) is 2.82.